The van der Waals surface area contributed by atoms with Gasteiger partial charge in [-0.3, -0.25) is 0 Å². The van der Waals surface area contributed by atoms with E-state index in [-0.39, 0.29) is 11.8 Å². The molecule has 1 N–H and O–H groups in total. The molecule has 1 unspecified atom stereocenters. The van der Waals surface area contributed by atoms with E-state index < -0.39 is 6.43 Å². The molecule has 2 heterocycles. The summed E-state index contributed by atoms with van der Waals surface area (Å²) >= 11 is 0. The van der Waals surface area contributed by atoms with E-state index in [0.717, 1.165) is 29.0 Å². The Balaban J connectivity index is 1.69. The molecule has 0 aliphatic carbocycles. The topological polar surface area (TPSA) is 56.3 Å². The minimum Gasteiger partial charge on any atom is -0.497 e. The van der Waals surface area contributed by atoms with Crippen LogP contribution in [-0.4, -0.2) is 23.2 Å². The van der Waals surface area contributed by atoms with Gasteiger partial charge in [0.15, 0.2) is 0 Å². The van der Waals surface area contributed by atoms with Crippen molar-refractivity contribution >= 4 is 0 Å². The molecule has 1 aliphatic rings. The van der Waals surface area contributed by atoms with Gasteiger partial charge < -0.3 is 14.8 Å². The predicted molar refractivity (Wildman–Crippen MR) is 84.3 cm³/mol. The molecule has 24 heavy (non-hydrogen) atoms. The quantitative estimate of drug-likeness (QED) is 0.879. The van der Waals surface area contributed by atoms with Crippen molar-refractivity contribution in [1.82, 2.24) is 15.3 Å². The largest absolute Gasteiger partial charge is 0.497 e. The molecular formula is C17H19F2N3O2. The van der Waals surface area contributed by atoms with Crippen molar-refractivity contribution in [3.63, 3.8) is 0 Å². The minimum atomic E-state index is -2.59. The number of aromatic nitrogens is 2. The van der Waals surface area contributed by atoms with Crippen LogP contribution in [0.3, 0.4) is 0 Å². The number of nitrogens with zero attached hydrogens (tertiary/aromatic N) is 2. The van der Waals surface area contributed by atoms with Crippen LogP contribution in [0.1, 0.15) is 36.0 Å². The zero-order valence-corrected chi connectivity index (χ0v) is 13.6. The summed E-state index contributed by atoms with van der Waals surface area (Å²) in [5.74, 6) is 1.99. The molecule has 0 spiro atoms. The van der Waals surface area contributed by atoms with Gasteiger partial charge in [-0.2, -0.15) is 0 Å². The lowest BCUT2D eigenvalue weighted by Gasteiger charge is -2.12. The summed E-state index contributed by atoms with van der Waals surface area (Å²) in [5, 5.41) is 3.17. The lowest BCUT2D eigenvalue weighted by molar-refractivity contribution is 0.145. The maximum atomic E-state index is 12.7. The monoisotopic (exact) mass is 335 g/mol. The van der Waals surface area contributed by atoms with Crippen LogP contribution in [0.15, 0.2) is 24.4 Å². The standard InChI is InChI=1S/C17H19F2N3O2/c1-10-5-11-6-13(23-2)7-12(16(11)24-10)8-20-9-15-21-4-3-14(22-15)17(18)19/h3-4,6-7,10,17,20H,5,8-9H2,1-2H3. The third kappa shape index (κ3) is 3.62. The highest BCUT2D eigenvalue weighted by molar-refractivity contribution is 5.49. The Bertz CT molecular complexity index is 725. The van der Waals surface area contributed by atoms with Crippen molar-refractivity contribution in [3.8, 4) is 11.5 Å². The number of methoxy groups -OCH3 is 1. The molecule has 0 radical (unpaired) electrons. The number of halogens is 2. The van der Waals surface area contributed by atoms with E-state index in [2.05, 4.69) is 15.3 Å². The first-order valence-electron chi connectivity index (χ1n) is 7.74. The Morgan fingerprint density at radius 2 is 2.21 bits per heavy atom. The van der Waals surface area contributed by atoms with E-state index in [4.69, 9.17) is 9.47 Å². The summed E-state index contributed by atoms with van der Waals surface area (Å²) in [5.41, 5.74) is 1.83. The lowest BCUT2D eigenvalue weighted by Crippen LogP contribution is -2.16. The molecule has 1 atom stereocenters. The van der Waals surface area contributed by atoms with Gasteiger partial charge in [-0.15, -0.1) is 0 Å². The number of benzene rings is 1. The smallest absolute Gasteiger partial charge is 0.280 e. The zero-order chi connectivity index (χ0) is 17.1. The maximum absolute atomic E-state index is 12.7. The normalized spacial score (nSPS) is 16.1. The van der Waals surface area contributed by atoms with Crippen LogP contribution in [0.5, 0.6) is 11.5 Å². The highest BCUT2D eigenvalue weighted by atomic mass is 19.3. The van der Waals surface area contributed by atoms with E-state index in [0.29, 0.717) is 18.9 Å². The molecule has 1 aliphatic heterocycles. The fraction of sp³-hybridized carbons (Fsp3) is 0.412. The number of hydrogen-bond acceptors (Lipinski definition) is 5. The Morgan fingerprint density at radius 3 is 2.96 bits per heavy atom. The number of rotatable bonds is 6. The second-order valence-electron chi connectivity index (χ2n) is 5.71. The number of hydrogen-bond donors (Lipinski definition) is 1. The van der Waals surface area contributed by atoms with Crippen LogP contribution >= 0.6 is 0 Å². The van der Waals surface area contributed by atoms with Gasteiger partial charge in [-0.05, 0) is 25.1 Å². The van der Waals surface area contributed by atoms with E-state index in [1.807, 2.05) is 19.1 Å². The second-order valence-corrected chi connectivity index (χ2v) is 5.71. The van der Waals surface area contributed by atoms with Crippen molar-refractivity contribution in [2.24, 2.45) is 0 Å². The van der Waals surface area contributed by atoms with Gasteiger partial charge in [-0.1, -0.05) is 0 Å². The van der Waals surface area contributed by atoms with Crippen molar-refractivity contribution in [2.45, 2.75) is 39.0 Å². The van der Waals surface area contributed by atoms with Gasteiger partial charge >= 0.3 is 0 Å². The molecule has 128 valence electrons. The summed E-state index contributed by atoms with van der Waals surface area (Å²) in [6.07, 6.45) is -0.265. The maximum Gasteiger partial charge on any atom is 0.280 e. The molecule has 0 amide bonds. The third-order valence-electron chi connectivity index (χ3n) is 3.83. The van der Waals surface area contributed by atoms with Crippen LogP contribution in [0.25, 0.3) is 0 Å². The highest BCUT2D eigenvalue weighted by Gasteiger charge is 2.23. The first-order chi connectivity index (χ1) is 11.6. The number of fused-ring (bicyclic) bond motifs is 1. The zero-order valence-electron chi connectivity index (χ0n) is 13.6. The molecule has 1 aromatic carbocycles. The van der Waals surface area contributed by atoms with Gasteiger partial charge in [0.25, 0.3) is 6.43 Å². The first kappa shape index (κ1) is 16.6. The van der Waals surface area contributed by atoms with Crippen molar-refractivity contribution in [3.05, 3.63) is 47.0 Å². The predicted octanol–water partition coefficient (Wildman–Crippen LogP) is 3.04. The average molecular weight is 335 g/mol. The summed E-state index contributed by atoms with van der Waals surface area (Å²) < 4.78 is 36.5. The number of nitrogens with one attached hydrogen (secondary N) is 1. The second kappa shape index (κ2) is 7.09. The first-order valence-corrected chi connectivity index (χ1v) is 7.74. The van der Waals surface area contributed by atoms with Crippen molar-refractivity contribution in [2.75, 3.05) is 7.11 Å². The van der Waals surface area contributed by atoms with Crippen LogP contribution in [0.2, 0.25) is 0 Å². The fourth-order valence-corrected chi connectivity index (χ4v) is 2.76. The Kier molecular flexibility index (Phi) is 4.89. The minimum absolute atomic E-state index is 0.136. The highest BCUT2D eigenvalue weighted by Crippen LogP contribution is 2.36. The van der Waals surface area contributed by atoms with Gasteiger partial charge in [0.1, 0.15) is 29.1 Å². The molecule has 7 heteroatoms. The summed E-state index contributed by atoms with van der Waals surface area (Å²) in [7, 11) is 1.63. The molecule has 0 bridgehead atoms. The van der Waals surface area contributed by atoms with Crippen molar-refractivity contribution in [1.29, 1.82) is 0 Å². The van der Waals surface area contributed by atoms with E-state index in [1.54, 1.807) is 7.11 Å². The SMILES string of the molecule is COc1cc(CNCc2nccc(C(F)F)n2)c2c(c1)CC(C)O2. The van der Waals surface area contributed by atoms with Crippen LogP contribution in [0.4, 0.5) is 8.78 Å². The molecule has 5 nitrogen and oxygen atoms in total. The Morgan fingerprint density at radius 1 is 1.38 bits per heavy atom. The van der Waals surface area contributed by atoms with E-state index in [9.17, 15) is 8.78 Å². The van der Waals surface area contributed by atoms with Crippen LogP contribution < -0.4 is 14.8 Å². The molecular weight excluding hydrogens is 316 g/mol. The summed E-state index contributed by atoms with van der Waals surface area (Å²) in [6.45, 7) is 2.82. The molecule has 3 rings (SSSR count). The summed E-state index contributed by atoms with van der Waals surface area (Å²) in [4.78, 5) is 7.85. The van der Waals surface area contributed by atoms with Crippen LogP contribution in [-0.2, 0) is 19.5 Å². The Labute approximate surface area is 139 Å². The van der Waals surface area contributed by atoms with Gasteiger partial charge in [-0.25, -0.2) is 18.7 Å². The van der Waals surface area contributed by atoms with Crippen molar-refractivity contribution < 1.29 is 18.3 Å². The average Bonchev–Trinajstić information content (AvgIpc) is 2.95. The molecule has 0 saturated carbocycles. The van der Waals surface area contributed by atoms with E-state index >= 15 is 0 Å². The van der Waals surface area contributed by atoms with Gasteiger partial charge in [0.05, 0.1) is 13.7 Å². The molecule has 0 fully saturated rings. The number of ether oxygens (including phenoxy) is 2. The van der Waals surface area contributed by atoms with Gasteiger partial charge in [0, 0.05) is 30.3 Å². The molecule has 2 aromatic rings. The van der Waals surface area contributed by atoms with E-state index in [1.165, 1.54) is 12.3 Å². The van der Waals surface area contributed by atoms with Gasteiger partial charge in [0.2, 0.25) is 0 Å². The molecule has 1 aromatic heterocycles. The molecule has 0 saturated heterocycles. The summed E-state index contributed by atoms with van der Waals surface area (Å²) in [6, 6.07) is 5.12. The number of alkyl halides is 2. The van der Waals surface area contributed by atoms with Crippen LogP contribution in [0, 0.1) is 0 Å². The fourth-order valence-electron chi connectivity index (χ4n) is 2.76. The Hall–Kier alpha value is -2.28. The third-order valence-corrected chi connectivity index (χ3v) is 3.83. The lowest BCUT2D eigenvalue weighted by atomic mass is 10.1.